The number of nitrogens with one attached hydrogen (secondary N) is 1. The first-order valence-corrected chi connectivity index (χ1v) is 5.76. The Balaban J connectivity index is 2.43. The van der Waals surface area contributed by atoms with E-state index in [2.05, 4.69) is 10.3 Å². The van der Waals surface area contributed by atoms with Crippen LogP contribution in [0.2, 0.25) is 0 Å². The van der Waals surface area contributed by atoms with E-state index < -0.39 is 0 Å². The second-order valence-corrected chi connectivity index (χ2v) is 5.21. The Labute approximate surface area is 103 Å². The molecule has 94 valence electrons. The van der Waals surface area contributed by atoms with Crippen LogP contribution in [0.3, 0.4) is 0 Å². The highest BCUT2D eigenvalue weighted by Gasteiger charge is 2.14. The van der Waals surface area contributed by atoms with E-state index in [1.165, 1.54) is 0 Å². The molecule has 0 aliphatic rings. The summed E-state index contributed by atoms with van der Waals surface area (Å²) < 4.78 is 0. The number of aromatic nitrogens is 1. The van der Waals surface area contributed by atoms with Crippen molar-refractivity contribution in [3.05, 3.63) is 30.1 Å². The van der Waals surface area contributed by atoms with Crippen LogP contribution in [-0.4, -0.2) is 34.9 Å². The van der Waals surface area contributed by atoms with E-state index in [9.17, 15) is 4.79 Å². The fourth-order valence-electron chi connectivity index (χ4n) is 1.33. The van der Waals surface area contributed by atoms with Crippen molar-refractivity contribution in [3.8, 4) is 0 Å². The molecule has 0 radical (unpaired) electrons. The van der Waals surface area contributed by atoms with Gasteiger partial charge in [-0.2, -0.15) is 0 Å². The Kier molecular flexibility index (Phi) is 4.63. The van der Waals surface area contributed by atoms with Crippen LogP contribution < -0.4 is 5.32 Å². The van der Waals surface area contributed by atoms with Gasteiger partial charge in [-0.05, 0) is 32.4 Å². The van der Waals surface area contributed by atoms with E-state index in [0.717, 1.165) is 5.56 Å². The normalized spacial score (nSPS) is 11.3. The predicted molar refractivity (Wildman–Crippen MR) is 68.5 cm³/mol. The van der Waals surface area contributed by atoms with Crippen molar-refractivity contribution in [3.63, 3.8) is 0 Å². The highest BCUT2D eigenvalue weighted by atomic mass is 16.2. The molecule has 0 aliphatic heterocycles. The van der Waals surface area contributed by atoms with Gasteiger partial charge >= 0.3 is 0 Å². The minimum Gasteiger partial charge on any atom is -0.340 e. The summed E-state index contributed by atoms with van der Waals surface area (Å²) in [6, 6.07) is 3.84. The smallest absolute Gasteiger partial charge is 0.236 e. The lowest BCUT2D eigenvalue weighted by Crippen LogP contribution is -2.43. The standard InChI is InChI=1S/C13H21N3O/c1-13(2,3)15-9-12(17)16(4)10-11-6-5-7-14-8-11/h5-8,15H,9-10H2,1-4H3. The Bertz CT molecular complexity index is 357. The molecule has 0 bridgehead atoms. The fourth-order valence-corrected chi connectivity index (χ4v) is 1.33. The topological polar surface area (TPSA) is 45.2 Å². The molecule has 0 saturated carbocycles. The highest BCUT2D eigenvalue weighted by molar-refractivity contribution is 5.78. The van der Waals surface area contributed by atoms with Gasteiger partial charge in [-0.1, -0.05) is 6.07 Å². The number of nitrogens with zero attached hydrogens (tertiary/aromatic N) is 2. The van der Waals surface area contributed by atoms with Gasteiger partial charge in [-0.25, -0.2) is 0 Å². The number of carbonyl (C=O) groups is 1. The van der Waals surface area contributed by atoms with Crippen LogP contribution in [0.5, 0.6) is 0 Å². The van der Waals surface area contributed by atoms with Gasteiger partial charge in [0, 0.05) is 31.5 Å². The maximum Gasteiger partial charge on any atom is 0.236 e. The van der Waals surface area contributed by atoms with Gasteiger partial charge in [-0.3, -0.25) is 9.78 Å². The second-order valence-electron chi connectivity index (χ2n) is 5.21. The SMILES string of the molecule is CN(Cc1cccnc1)C(=O)CNC(C)(C)C. The van der Waals surface area contributed by atoms with Crippen LogP contribution >= 0.6 is 0 Å². The molecule has 0 aromatic carbocycles. The van der Waals surface area contributed by atoms with Crippen molar-refractivity contribution in [2.75, 3.05) is 13.6 Å². The molecule has 4 heteroatoms. The summed E-state index contributed by atoms with van der Waals surface area (Å²) in [7, 11) is 1.81. The molecule has 0 fully saturated rings. The summed E-state index contributed by atoms with van der Waals surface area (Å²) >= 11 is 0. The van der Waals surface area contributed by atoms with Gasteiger partial charge in [0.1, 0.15) is 0 Å². The number of pyridine rings is 1. The molecule has 0 unspecified atom stereocenters. The maximum absolute atomic E-state index is 11.8. The molecule has 0 spiro atoms. The van der Waals surface area contributed by atoms with Crippen molar-refractivity contribution in [1.29, 1.82) is 0 Å². The van der Waals surface area contributed by atoms with Crippen molar-refractivity contribution >= 4 is 5.91 Å². The molecule has 0 aliphatic carbocycles. The van der Waals surface area contributed by atoms with Crippen molar-refractivity contribution in [2.24, 2.45) is 0 Å². The second kappa shape index (κ2) is 5.77. The van der Waals surface area contributed by atoms with E-state index in [1.54, 1.807) is 24.3 Å². The number of amides is 1. The average Bonchev–Trinajstić information content (AvgIpc) is 2.26. The third-order valence-corrected chi connectivity index (χ3v) is 2.34. The van der Waals surface area contributed by atoms with E-state index in [0.29, 0.717) is 13.1 Å². The Morgan fingerprint density at radius 1 is 1.47 bits per heavy atom. The summed E-state index contributed by atoms with van der Waals surface area (Å²) in [5, 5.41) is 3.18. The fraction of sp³-hybridized carbons (Fsp3) is 0.538. The molecule has 1 amide bonds. The van der Waals surface area contributed by atoms with Crippen LogP contribution in [-0.2, 0) is 11.3 Å². The van der Waals surface area contributed by atoms with Gasteiger partial charge in [0.25, 0.3) is 0 Å². The third-order valence-electron chi connectivity index (χ3n) is 2.34. The molecule has 0 atom stereocenters. The Morgan fingerprint density at radius 2 is 2.18 bits per heavy atom. The summed E-state index contributed by atoms with van der Waals surface area (Å²) in [6.45, 7) is 7.09. The van der Waals surface area contributed by atoms with Crippen molar-refractivity contribution in [2.45, 2.75) is 32.9 Å². The molecule has 1 rings (SSSR count). The van der Waals surface area contributed by atoms with Crippen LogP contribution in [0.1, 0.15) is 26.3 Å². The first-order valence-electron chi connectivity index (χ1n) is 5.76. The lowest BCUT2D eigenvalue weighted by molar-refractivity contribution is -0.129. The molecule has 4 nitrogen and oxygen atoms in total. The number of hydrogen-bond donors (Lipinski definition) is 1. The molecular formula is C13H21N3O. The monoisotopic (exact) mass is 235 g/mol. The van der Waals surface area contributed by atoms with Gasteiger partial charge in [-0.15, -0.1) is 0 Å². The minimum absolute atomic E-state index is 0.0369. The molecule has 1 N–H and O–H groups in total. The zero-order valence-electron chi connectivity index (χ0n) is 11.0. The first kappa shape index (κ1) is 13.6. The molecule has 0 saturated heterocycles. The number of rotatable bonds is 4. The summed E-state index contributed by atoms with van der Waals surface area (Å²) in [5.74, 6) is 0.0868. The lowest BCUT2D eigenvalue weighted by atomic mass is 10.1. The zero-order chi connectivity index (χ0) is 12.9. The molecule has 1 aromatic rings. The van der Waals surface area contributed by atoms with Gasteiger partial charge < -0.3 is 10.2 Å². The van der Waals surface area contributed by atoms with Crippen LogP contribution in [0, 0.1) is 0 Å². The largest absolute Gasteiger partial charge is 0.340 e. The number of likely N-dealkylation sites (N-methyl/N-ethyl adjacent to an activating group) is 1. The van der Waals surface area contributed by atoms with E-state index >= 15 is 0 Å². The van der Waals surface area contributed by atoms with Crippen LogP contribution in [0.25, 0.3) is 0 Å². The van der Waals surface area contributed by atoms with Gasteiger partial charge in [0.2, 0.25) is 5.91 Å². The van der Waals surface area contributed by atoms with E-state index in [4.69, 9.17) is 0 Å². The molecule has 17 heavy (non-hydrogen) atoms. The minimum atomic E-state index is -0.0369. The van der Waals surface area contributed by atoms with Gasteiger partial charge in [0.15, 0.2) is 0 Å². The average molecular weight is 235 g/mol. The van der Waals surface area contributed by atoms with Gasteiger partial charge in [0.05, 0.1) is 6.54 Å². The maximum atomic E-state index is 11.8. The molecular weight excluding hydrogens is 214 g/mol. The third kappa shape index (κ3) is 5.45. The summed E-state index contributed by atoms with van der Waals surface area (Å²) in [6.07, 6.45) is 3.51. The number of carbonyl (C=O) groups excluding carboxylic acids is 1. The van der Waals surface area contributed by atoms with E-state index in [1.807, 2.05) is 32.9 Å². The van der Waals surface area contributed by atoms with Crippen LogP contribution in [0.15, 0.2) is 24.5 Å². The highest BCUT2D eigenvalue weighted by Crippen LogP contribution is 2.02. The Hall–Kier alpha value is -1.42. The first-order chi connectivity index (χ1) is 7.88. The summed E-state index contributed by atoms with van der Waals surface area (Å²) in [4.78, 5) is 17.6. The van der Waals surface area contributed by atoms with E-state index in [-0.39, 0.29) is 11.4 Å². The molecule has 1 aromatic heterocycles. The molecule has 1 heterocycles. The summed E-state index contributed by atoms with van der Waals surface area (Å²) in [5.41, 5.74) is 1.00. The lowest BCUT2D eigenvalue weighted by Gasteiger charge is -2.23. The van der Waals surface area contributed by atoms with Crippen molar-refractivity contribution < 1.29 is 4.79 Å². The zero-order valence-corrected chi connectivity index (χ0v) is 11.0. The Morgan fingerprint density at radius 3 is 2.71 bits per heavy atom. The number of hydrogen-bond acceptors (Lipinski definition) is 3. The quantitative estimate of drug-likeness (QED) is 0.858. The van der Waals surface area contributed by atoms with Crippen molar-refractivity contribution in [1.82, 2.24) is 15.2 Å². The predicted octanol–water partition coefficient (Wildman–Crippen LogP) is 1.43. The van der Waals surface area contributed by atoms with Crippen LogP contribution in [0.4, 0.5) is 0 Å².